The molecule has 0 radical (unpaired) electrons. The Labute approximate surface area is 109 Å². The van der Waals surface area contributed by atoms with Gasteiger partial charge in [0.1, 0.15) is 11.8 Å². The minimum absolute atomic E-state index is 0.282. The van der Waals surface area contributed by atoms with Crippen LogP contribution in [0.2, 0.25) is 0 Å². The molecule has 2 aromatic rings. The van der Waals surface area contributed by atoms with Crippen LogP contribution < -0.4 is 0 Å². The highest BCUT2D eigenvalue weighted by Gasteiger charge is 2.30. The largest absolute Gasteiger partial charge is 0.416 e. The third-order valence-corrected chi connectivity index (χ3v) is 3.03. The molecule has 0 saturated heterocycles. The fourth-order valence-electron chi connectivity index (χ4n) is 1.56. The Morgan fingerprint density at radius 2 is 1.94 bits per heavy atom. The van der Waals surface area contributed by atoms with Gasteiger partial charge in [-0.2, -0.15) is 18.4 Å². The van der Waals surface area contributed by atoms with E-state index >= 15 is 0 Å². The zero-order valence-corrected chi connectivity index (χ0v) is 10.5. The first-order chi connectivity index (χ1) is 8.43. The smallest absolute Gasteiger partial charge is 0.307 e. The Balaban J connectivity index is 2.53. The fraction of sp³-hybridized carbons (Fsp3) is 0.0833. The maximum absolute atomic E-state index is 12.5. The van der Waals surface area contributed by atoms with Gasteiger partial charge in [0.15, 0.2) is 0 Å². The Morgan fingerprint density at radius 1 is 1.22 bits per heavy atom. The molecule has 0 fully saturated rings. The van der Waals surface area contributed by atoms with Crippen LogP contribution in [0.5, 0.6) is 0 Å². The van der Waals surface area contributed by atoms with Gasteiger partial charge in [-0.1, -0.05) is 0 Å². The summed E-state index contributed by atoms with van der Waals surface area (Å²) in [6, 6.07) is 8.52. The SMILES string of the molecule is N#Cc1cccn1-c1ccc(C(F)(F)F)cc1Br. The van der Waals surface area contributed by atoms with Gasteiger partial charge in [0.2, 0.25) is 0 Å². The zero-order chi connectivity index (χ0) is 13.3. The lowest BCUT2D eigenvalue weighted by atomic mass is 10.2. The normalized spacial score (nSPS) is 11.3. The van der Waals surface area contributed by atoms with Gasteiger partial charge in [-0.15, -0.1) is 0 Å². The highest BCUT2D eigenvalue weighted by molar-refractivity contribution is 9.10. The summed E-state index contributed by atoms with van der Waals surface area (Å²) in [6.45, 7) is 0. The van der Waals surface area contributed by atoms with E-state index in [-0.39, 0.29) is 4.47 Å². The molecule has 6 heteroatoms. The maximum Gasteiger partial charge on any atom is 0.416 e. The van der Waals surface area contributed by atoms with Crippen molar-refractivity contribution in [3.8, 4) is 11.8 Å². The fourth-order valence-corrected chi connectivity index (χ4v) is 2.13. The first kappa shape index (κ1) is 12.7. The molecule has 0 aliphatic heterocycles. The Kier molecular flexibility index (Phi) is 3.18. The van der Waals surface area contributed by atoms with Crippen LogP contribution in [-0.2, 0) is 6.18 Å². The summed E-state index contributed by atoms with van der Waals surface area (Å²) in [7, 11) is 0. The van der Waals surface area contributed by atoms with Crippen LogP contribution in [0.1, 0.15) is 11.3 Å². The van der Waals surface area contributed by atoms with Gasteiger partial charge in [-0.25, -0.2) is 0 Å². The van der Waals surface area contributed by atoms with Crippen molar-refractivity contribution in [1.82, 2.24) is 4.57 Å². The summed E-state index contributed by atoms with van der Waals surface area (Å²) in [5.74, 6) is 0. The maximum atomic E-state index is 12.5. The number of nitrogens with zero attached hydrogens (tertiary/aromatic N) is 2. The molecule has 1 aromatic carbocycles. The molecule has 92 valence electrons. The van der Waals surface area contributed by atoms with Gasteiger partial charge >= 0.3 is 6.18 Å². The van der Waals surface area contributed by atoms with Gasteiger partial charge in [-0.3, -0.25) is 0 Å². The quantitative estimate of drug-likeness (QED) is 0.778. The molecule has 2 rings (SSSR count). The van der Waals surface area contributed by atoms with Crippen LogP contribution in [0.25, 0.3) is 5.69 Å². The van der Waals surface area contributed by atoms with Crippen LogP contribution in [0, 0.1) is 11.3 Å². The van der Waals surface area contributed by atoms with E-state index in [0.29, 0.717) is 11.4 Å². The van der Waals surface area contributed by atoms with E-state index in [1.165, 1.54) is 10.6 Å². The van der Waals surface area contributed by atoms with Crippen molar-refractivity contribution < 1.29 is 13.2 Å². The van der Waals surface area contributed by atoms with E-state index in [4.69, 9.17) is 5.26 Å². The summed E-state index contributed by atoms with van der Waals surface area (Å²) in [5, 5.41) is 8.88. The topological polar surface area (TPSA) is 28.7 Å². The van der Waals surface area contributed by atoms with E-state index in [1.807, 2.05) is 6.07 Å². The van der Waals surface area contributed by atoms with Crippen LogP contribution in [0.15, 0.2) is 41.0 Å². The van der Waals surface area contributed by atoms with Gasteiger partial charge in [0.25, 0.3) is 0 Å². The zero-order valence-electron chi connectivity index (χ0n) is 8.87. The molecular weight excluding hydrogens is 309 g/mol. The number of hydrogen-bond acceptors (Lipinski definition) is 1. The van der Waals surface area contributed by atoms with E-state index in [0.717, 1.165) is 12.1 Å². The average molecular weight is 315 g/mol. The molecular formula is C12H6BrF3N2. The number of benzene rings is 1. The van der Waals surface area contributed by atoms with Gasteiger partial charge in [-0.05, 0) is 46.3 Å². The molecule has 0 unspecified atom stereocenters. The summed E-state index contributed by atoms with van der Waals surface area (Å²) in [5.41, 5.74) is 0.115. The van der Waals surface area contributed by atoms with Crippen LogP contribution in [0.3, 0.4) is 0 Å². The molecule has 0 saturated carbocycles. The average Bonchev–Trinajstić information content (AvgIpc) is 2.75. The molecule has 0 bridgehead atoms. The number of halogens is 4. The second kappa shape index (κ2) is 4.50. The van der Waals surface area contributed by atoms with Crippen LogP contribution in [0.4, 0.5) is 13.2 Å². The van der Waals surface area contributed by atoms with Crippen LogP contribution in [-0.4, -0.2) is 4.57 Å². The Bertz CT molecular complexity index is 623. The van der Waals surface area contributed by atoms with E-state index in [1.54, 1.807) is 18.3 Å². The summed E-state index contributed by atoms with van der Waals surface area (Å²) < 4.78 is 39.3. The van der Waals surface area contributed by atoms with Gasteiger partial charge in [0, 0.05) is 10.7 Å². The van der Waals surface area contributed by atoms with Crippen molar-refractivity contribution in [1.29, 1.82) is 5.26 Å². The standard InChI is InChI=1S/C12H6BrF3N2/c13-10-6-8(12(14,15)16)3-4-11(10)18-5-1-2-9(18)7-17/h1-6H. The Hall–Kier alpha value is -1.74. The number of nitriles is 1. The minimum atomic E-state index is -4.38. The third kappa shape index (κ3) is 2.27. The predicted octanol–water partition coefficient (Wildman–Crippen LogP) is 4.13. The highest BCUT2D eigenvalue weighted by Crippen LogP contribution is 2.33. The summed E-state index contributed by atoms with van der Waals surface area (Å²) in [4.78, 5) is 0. The molecule has 0 aliphatic rings. The minimum Gasteiger partial charge on any atom is -0.307 e. The number of aromatic nitrogens is 1. The van der Waals surface area contributed by atoms with E-state index in [2.05, 4.69) is 15.9 Å². The second-order valence-corrected chi connectivity index (χ2v) is 4.39. The van der Waals surface area contributed by atoms with Crippen molar-refractivity contribution in [2.45, 2.75) is 6.18 Å². The number of hydrogen-bond donors (Lipinski definition) is 0. The molecule has 1 heterocycles. The molecule has 0 spiro atoms. The monoisotopic (exact) mass is 314 g/mol. The highest BCUT2D eigenvalue weighted by atomic mass is 79.9. The Morgan fingerprint density at radius 3 is 2.50 bits per heavy atom. The van der Waals surface area contributed by atoms with Crippen molar-refractivity contribution in [3.63, 3.8) is 0 Å². The second-order valence-electron chi connectivity index (χ2n) is 3.54. The number of alkyl halides is 3. The van der Waals surface area contributed by atoms with Crippen LogP contribution >= 0.6 is 15.9 Å². The first-order valence-electron chi connectivity index (χ1n) is 4.88. The lowest BCUT2D eigenvalue weighted by Crippen LogP contribution is -2.06. The lowest BCUT2D eigenvalue weighted by molar-refractivity contribution is -0.137. The number of rotatable bonds is 1. The molecule has 2 nitrogen and oxygen atoms in total. The molecule has 0 atom stereocenters. The van der Waals surface area contributed by atoms with Crippen molar-refractivity contribution >= 4 is 15.9 Å². The third-order valence-electron chi connectivity index (χ3n) is 2.40. The predicted molar refractivity (Wildman–Crippen MR) is 63.2 cm³/mol. The molecule has 0 amide bonds. The van der Waals surface area contributed by atoms with E-state index in [9.17, 15) is 13.2 Å². The van der Waals surface area contributed by atoms with Gasteiger partial charge < -0.3 is 4.57 Å². The lowest BCUT2D eigenvalue weighted by Gasteiger charge is -2.11. The van der Waals surface area contributed by atoms with Gasteiger partial charge in [0.05, 0.1) is 11.3 Å². The summed E-state index contributed by atoms with van der Waals surface area (Å²) >= 11 is 3.09. The molecule has 18 heavy (non-hydrogen) atoms. The van der Waals surface area contributed by atoms with E-state index < -0.39 is 11.7 Å². The first-order valence-corrected chi connectivity index (χ1v) is 5.67. The van der Waals surface area contributed by atoms with Crippen molar-refractivity contribution in [3.05, 3.63) is 52.3 Å². The van der Waals surface area contributed by atoms with Crippen molar-refractivity contribution in [2.75, 3.05) is 0 Å². The molecule has 1 aromatic heterocycles. The summed E-state index contributed by atoms with van der Waals surface area (Å²) in [6.07, 6.45) is -2.76. The van der Waals surface area contributed by atoms with Crippen molar-refractivity contribution in [2.24, 2.45) is 0 Å². The molecule has 0 aliphatic carbocycles. The molecule has 0 N–H and O–H groups in total.